The van der Waals surface area contributed by atoms with E-state index in [1.165, 1.54) is 32.4 Å². The van der Waals surface area contributed by atoms with Crippen LogP contribution in [0.15, 0.2) is 72.1 Å². The smallest absolute Gasteiger partial charge is 0.212 e. The quantitative estimate of drug-likeness (QED) is 0.0935. The molecule has 2 fully saturated rings. The molecule has 2 aliphatic heterocycles. The monoisotopic (exact) mass is 605 g/mol. The minimum absolute atomic E-state index is 0.527. The van der Waals surface area contributed by atoms with Crippen molar-refractivity contribution >= 4 is 28.4 Å². The summed E-state index contributed by atoms with van der Waals surface area (Å²) in [5.74, 6) is 2.76. The number of nitrogens with zero attached hydrogens (tertiary/aromatic N) is 8. The van der Waals surface area contributed by atoms with Gasteiger partial charge in [0.25, 0.3) is 0 Å². The Hall–Kier alpha value is -4.95. The summed E-state index contributed by atoms with van der Waals surface area (Å²) in [6, 6.07) is 17.6. The summed E-state index contributed by atoms with van der Waals surface area (Å²) in [6.45, 7) is 6.81. The molecule has 0 atom stereocenters. The summed E-state index contributed by atoms with van der Waals surface area (Å²) in [4.78, 5) is 25.2. The molecule has 0 bridgehead atoms. The Morgan fingerprint density at radius 3 is 2.49 bits per heavy atom. The average Bonchev–Trinajstić information content (AvgIpc) is 3.10. The lowest BCUT2D eigenvalue weighted by Gasteiger charge is -2.36. The molecular weight excluding hydrogens is 566 g/mol. The number of pyridine rings is 1. The van der Waals surface area contributed by atoms with E-state index in [9.17, 15) is 5.26 Å². The molecule has 11 nitrogen and oxygen atoms in total. The number of hydrogen-bond acceptors (Lipinski definition) is 9. The van der Waals surface area contributed by atoms with Gasteiger partial charge >= 0.3 is 0 Å². The van der Waals surface area contributed by atoms with Gasteiger partial charge < -0.3 is 24.2 Å². The van der Waals surface area contributed by atoms with Crippen molar-refractivity contribution in [1.29, 1.82) is 5.26 Å². The molecule has 2 aromatic heterocycles. The molecule has 4 heterocycles. The minimum Gasteiger partial charge on any atom is -0.493 e. The average molecular weight is 606 g/mol. The zero-order valence-corrected chi connectivity index (χ0v) is 25.7. The van der Waals surface area contributed by atoms with Gasteiger partial charge in [0, 0.05) is 55.9 Å². The van der Waals surface area contributed by atoms with Gasteiger partial charge in [0.2, 0.25) is 5.96 Å². The number of piperazine rings is 1. The molecule has 4 aromatic rings. The van der Waals surface area contributed by atoms with Crippen molar-refractivity contribution in [3.63, 3.8) is 0 Å². The normalized spacial score (nSPS) is 16.0. The third-order valence-electron chi connectivity index (χ3n) is 8.33. The fourth-order valence-corrected chi connectivity index (χ4v) is 5.95. The molecular formula is C34H39N9O2. The van der Waals surface area contributed by atoms with E-state index in [2.05, 4.69) is 35.0 Å². The zero-order valence-electron chi connectivity index (χ0n) is 25.7. The Labute approximate surface area is 264 Å². The maximum atomic E-state index is 9.46. The molecule has 0 spiro atoms. The van der Waals surface area contributed by atoms with Crippen LogP contribution >= 0.6 is 0 Å². The highest BCUT2D eigenvalue weighted by molar-refractivity contribution is 5.92. The maximum Gasteiger partial charge on any atom is 0.212 e. The lowest BCUT2D eigenvalue weighted by molar-refractivity contribution is 0.203. The molecule has 2 aliphatic rings. The number of anilines is 1. The number of methoxy groups -OCH3 is 1. The van der Waals surface area contributed by atoms with Crippen molar-refractivity contribution < 1.29 is 9.47 Å². The van der Waals surface area contributed by atoms with Crippen LogP contribution in [0.25, 0.3) is 22.2 Å². The predicted octanol–water partition coefficient (Wildman–Crippen LogP) is 4.84. The largest absolute Gasteiger partial charge is 0.493 e. The molecule has 45 heavy (non-hydrogen) atoms. The summed E-state index contributed by atoms with van der Waals surface area (Å²) < 4.78 is 11.9. The molecule has 2 saturated heterocycles. The van der Waals surface area contributed by atoms with E-state index >= 15 is 0 Å². The molecule has 11 heteroatoms. The van der Waals surface area contributed by atoms with Gasteiger partial charge in [0.1, 0.15) is 12.1 Å². The minimum atomic E-state index is 0.527. The van der Waals surface area contributed by atoms with Crippen molar-refractivity contribution in [2.75, 3.05) is 64.4 Å². The van der Waals surface area contributed by atoms with Gasteiger partial charge in [0.15, 0.2) is 17.7 Å². The standard InChI is InChI=1S/C34H39N9O2/c1-44-31-22-28-30(23-32(31)45-21-7-16-41-14-5-2-6-15-41)38-25-39-33(28)42-17-19-43(20-18-42)34(37-24-35)40-27-11-9-26(10-12-27)29-8-3-4-13-36-29/h3-4,8-13,22-23,25H,2,5-7,14-21H2,1H3,(H,37,40). The number of nitrogens with one attached hydrogen (secondary N) is 1. The van der Waals surface area contributed by atoms with Gasteiger partial charge in [-0.2, -0.15) is 5.26 Å². The fourth-order valence-electron chi connectivity index (χ4n) is 5.95. The van der Waals surface area contributed by atoms with Crippen LogP contribution in [0.4, 0.5) is 11.5 Å². The number of ether oxygens (including phenoxy) is 2. The Morgan fingerprint density at radius 2 is 1.76 bits per heavy atom. The second-order valence-electron chi connectivity index (χ2n) is 11.2. The topological polar surface area (TPSA) is 115 Å². The van der Waals surface area contributed by atoms with Crippen LogP contribution in [0, 0.1) is 11.5 Å². The van der Waals surface area contributed by atoms with E-state index < -0.39 is 0 Å². The second-order valence-corrected chi connectivity index (χ2v) is 11.2. The molecule has 232 valence electrons. The number of aromatic nitrogens is 3. The van der Waals surface area contributed by atoms with Gasteiger partial charge in [-0.15, -0.1) is 0 Å². The Morgan fingerprint density at radius 1 is 0.933 bits per heavy atom. The molecule has 0 amide bonds. The van der Waals surface area contributed by atoms with E-state index in [1.54, 1.807) is 19.6 Å². The third kappa shape index (κ3) is 7.41. The predicted molar refractivity (Wildman–Crippen MR) is 176 cm³/mol. The highest BCUT2D eigenvalue weighted by Gasteiger charge is 2.23. The number of likely N-dealkylation sites (tertiary alicyclic amines) is 1. The second kappa shape index (κ2) is 14.7. The lowest BCUT2D eigenvalue weighted by atomic mass is 10.1. The van der Waals surface area contributed by atoms with Crippen molar-refractivity contribution in [3.8, 4) is 28.9 Å². The van der Waals surface area contributed by atoms with Crippen LogP contribution < -0.4 is 19.7 Å². The molecule has 2 aromatic carbocycles. The Bertz CT molecular complexity index is 1630. The Balaban J connectivity index is 1.11. The van der Waals surface area contributed by atoms with E-state index in [4.69, 9.17) is 14.5 Å². The maximum absolute atomic E-state index is 9.46. The number of benzene rings is 2. The van der Waals surface area contributed by atoms with Crippen molar-refractivity contribution in [1.82, 2.24) is 30.1 Å². The van der Waals surface area contributed by atoms with Crippen molar-refractivity contribution in [2.45, 2.75) is 25.7 Å². The number of guanidine groups is 1. The highest BCUT2D eigenvalue weighted by Crippen LogP contribution is 2.35. The van der Waals surface area contributed by atoms with Gasteiger partial charge in [-0.1, -0.05) is 24.6 Å². The molecule has 0 aliphatic carbocycles. The van der Waals surface area contributed by atoms with Crippen LogP contribution in [0.2, 0.25) is 0 Å². The van der Waals surface area contributed by atoms with Crippen LogP contribution in [0.1, 0.15) is 25.7 Å². The van der Waals surface area contributed by atoms with Gasteiger partial charge in [0.05, 0.1) is 30.6 Å². The fraction of sp³-hybridized carbons (Fsp3) is 0.382. The summed E-state index contributed by atoms with van der Waals surface area (Å²) in [5.41, 5.74) is 3.49. The zero-order chi connectivity index (χ0) is 30.8. The highest BCUT2D eigenvalue weighted by atomic mass is 16.5. The van der Waals surface area contributed by atoms with Crippen LogP contribution in [-0.2, 0) is 0 Å². The van der Waals surface area contributed by atoms with E-state index in [1.807, 2.05) is 60.8 Å². The van der Waals surface area contributed by atoms with E-state index in [0.717, 1.165) is 46.6 Å². The summed E-state index contributed by atoms with van der Waals surface area (Å²) in [7, 11) is 1.67. The van der Waals surface area contributed by atoms with E-state index in [-0.39, 0.29) is 0 Å². The number of rotatable bonds is 9. The van der Waals surface area contributed by atoms with Gasteiger partial charge in [-0.25, -0.2) is 15.0 Å². The molecule has 0 radical (unpaired) electrons. The molecule has 0 saturated carbocycles. The summed E-state index contributed by atoms with van der Waals surface area (Å²) in [6.07, 6.45) is 10.3. The first-order valence-corrected chi connectivity index (χ1v) is 15.6. The third-order valence-corrected chi connectivity index (χ3v) is 8.33. The van der Waals surface area contributed by atoms with Crippen molar-refractivity contribution in [3.05, 3.63) is 67.1 Å². The van der Waals surface area contributed by atoms with Crippen LogP contribution in [0.3, 0.4) is 0 Å². The van der Waals surface area contributed by atoms with Crippen molar-refractivity contribution in [2.24, 2.45) is 4.99 Å². The molecule has 0 unspecified atom stereocenters. The van der Waals surface area contributed by atoms with Gasteiger partial charge in [-0.05, 0) is 62.7 Å². The van der Waals surface area contributed by atoms with Crippen LogP contribution in [0.5, 0.6) is 11.5 Å². The SMILES string of the molecule is COc1cc2c(N3CCN(C(=Nc4ccc(-c5ccccn5)cc4)NC#N)CC3)ncnc2cc1OCCCN1CCCCC1. The Kier molecular flexibility index (Phi) is 9.82. The summed E-state index contributed by atoms with van der Waals surface area (Å²) >= 11 is 0. The first-order chi connectivity index (χ1) is 22.2. The summed E-state index contributed by atoms with van der Waals surface area (Å²) in [5, 5.41) is 13.2. The van der Waals surface area contributed by atoms with Crippen LogP contribution in [-0.4, -0.2) is 90.2 Å². The first kappa shape index (κ1) is 30.1. The first-order valence-electron chi connectivity index (χ1n) is 15.6. The van der Waals surface area contributed by atoms with E-state index in [0.29, 0.717) is 50.2 Å². The number of hydrogen-bond donors (Lipinski definition) is 1. The number of fused-ring (bicyclic) bond motifs is 1. The molecule has 1 N–H and O–H groups in total. The number of nitriles is 1. The van der Waals surface area contributed by atoms with Gasteiger partial charge in [-0.3, -0.25) is 10.3 Å². The lowest BCUT2D eigenvalue weighted by Crippen LogP contribution is -2.52. The number of piperidine rings is 1. The molecule has 6 rings (SSSR count). The number of aliphatic imine (C=N–C) groups is 1.